The lowest BCUT2D eigenvalue weighted by atomic mass is 10.0. The molecule has 1 aromatic carbocycles. The molecule has 1 fully saturated rings. The Bertz CT molecular complexity index is 378. The second kappa shape index (κ2) is 5.15. The third-order valence-electron chi connectivity index (χ3n) is 2.96. The first-order valence-corrected chi connectivity index (χ1v) is 6.26. The molecule has 0 radical (unpaired) electrons. The molecule has 1 heterocycles. The summed E-state index contributed by atoms with van der Waals surface area (Å²) in [5.74, 6) is 0.341. The Labute approximate surface area is 103 Å². The lowest BCUT2D eigenvalue weighted by Crippen LogP contribution is -2.23. The molecule has 1 N–H and O–H groups in total. The van der Waals surface area contributed by atoms with Crippen molar-refractivity contribution in [3.63, 3.8) is 0 Å². The molecule has 1 atom stereocenters. The lowest BCUT2D eigenvalue weighted by Gasteiger charge is -2.14. The van der Waals surface area contributed by atoms with Gasteiger partial charge in [-0.05, 0) is 53.4 Å². The first kappa shape index (κ1) is 11.9. The van der Waals surface area contributed by atoms with Crippen molar-refractivity contribution < 1.29 is 9.13 Å². The second-order valence-electron chi connectivity index (χ2n) is 4.05. The summed E-state index contributed by atoms with van der Waals surface area (Å²) in [6.45, 7) is 1.08. The van der Waals surface area contributed by atoms with Crippen LogP contribution in [0.1, 0.15) is 18.4 Å². The van der Waals surface area contributed by atoms with Crippen LogP contribution in [0.5, 0.6) is 5.75 Å². The van der Waals surface area contributed by atoms with Crippen LogP contribution >= 0.6 is 15.9 Å². The minimum atomic E-state index is -0.278. The van der Waals surface area contributed by atoms with E-state index in [0.717, 1.165) is 18.5 Å². The largest absolute Gasteiger partial charge is 0.495 e. The standard InChI is InChI=1S/C12H15BrFNO/c1-16-12-8(4-5-10(14)11(12)13)7-9-3-2-6-15-9/h4-5,9,15H,2-3,6-7H2,1H3. The van der Waals surface area contributed by atoms with Crippen LogP contribution in [0.4, 0.5) is 4.39 Å². The van der Waals surface area contributed by atoms with Crippen LogP contribution in [0.3, 0.4) is 0 Å². The normalized spacial score (nSPS) is 20.1. The third kappa shape index (κ3) is 2.38. The predicted octanol–water partition coefficient (Wildman–Crippen LogP) is 2.89. The highest BCUT2D eigenvalue weighted by Crippen LogP contribution is 2.32. The van der Waals surface area contributed by atoms with Crippen molar-refractivity contribution in [2.45, 2.75) is 25.3 Å². The summed E-state index contributed by atoms with van der Waals surface area (Å²) in [6, 6.07) is 3.78. The van der Waals surface area contributed by atoms with E-state index in [1.54, 1.807) is 13.2 Å². The Balaban J connectivity index is 2.22. The maximum atomic E-state index is 13.3. The number of benzene rings is 1. The molecule has 0 bridgehead atoms. The fourth-order valence-corrected chi connectivity index (χ4v) is 2.70. The van der Waals surface area contributed by atoms with Gasteiger partial charge in [-0.25, -0.2) is 4.39 Å². The smallest absolute Gasteiger partial charge is 0.141 e. The summed E-state index contributed by atoms with van der Waals surface area (Å²) in [5.41, 5.74) is 1.05. The maximum Gasteiger partial charge on any atom is 0.141 e. The van der Waals surface area contributed by atoms with Crippen LogP contribution in [-0.2, 0) is 6.42 Å². The van der Waals surface area contributed by atoms with Crippen LogP contribution in [-0.4, -0.2) is 19.7 Å². The molecular weight excluding hydrogens is 273 g/mol. The molecule has 1 saturated heterocycles. The molecule has 1 aliphatic rings. The zero-order valence-corrected chi connectivity index (χ0v) is 10.8. The molecule has 0 aliphatic carbocycles. The zero-order chi connectivity index (χ0) is 11.5. The Kier molecular flexibility index (Phi) is 3.82. The van der Waals surface area contributed by atoms with E-state index in [1.807, 2.05) is 0 Å². The van der Waals surface area contributed by atoms with E-state index >= 15 is 0 Å². The minimum absolute atomic E-state index is 0.278. The van der Waals surface area contributed by atoms with E-state index in [-0.39, 0.29) is 5.82 Å². The number of ether oxygens (including phenoxy) is 1. The average molecular weight is 288 g/mol. The summed E-state index contributed by atoms with van der Waals surface area (Å²) in [6.07, 6.45) is 3.29. The van der Waals surface area contributed by atoms with E-state index in [4.69, 9.17) is 4.74 Å². The minimum Gasteiger partial charge on any atom is -0.495 e. The van der Waals surface area contributed by atoms with Gasteiger partial charge in [0.15, 0.2) is 0 Å². The number of methoxy groups -OCH3 is 1. The number of halogens is 2. The van der Waals surface area contributed by atoms with Gasteiger partial charge in [0.1, 0.15) is 11.6 Å². The van der Waals surface area contributed by atoms with Crippen molar-refractivity contribution in [1.29, 1.82) is 0 Å². The molecular formula is C12H15BrFNO. The first-order valence-electron chi connectivity index (χ1n) is 5.46. The van der Waals surface area contributed by atoms with Gasteiger partial charge in [-0.15, -0.1) is 0 Å². The van der Waals surface area contributed by atoms with Crippen molar-refractivity contribution in [2.75, 3.05) is 13.7 Å². The SMILES string of the molecule is COc1c(CC2CCCN2)ccc(F)c1Br. The quantitative estimate of drug-likeness (QED) is 0.923. The van der Waals surface area contributed by atoms with Crippen LogP contribution < -0.4 is 10.1 Å². The molecule has 4 heteroatoms. The summed E-state index contributed by atoms with van der Waals surface area (Å²) in [5, 5.41) is 3.43. The van der Waals surface area contributed by atoms with Gasteiger partial charge in [0.2, 0.25) is 0 Å². The maximum absolute atomic E-state index is 13.3. The molecule has 2 nitrogen and oxygen atoms in total. The molecule has 16 heavy (non-hydrogen) atoms. The summed E-state index contributed by atoms with van der Waals surface area (Å²) in [7, 11) is 1.57. The Hall–Kier alpha value is -0.610. The van der Waals surface area contributed by atoms with Crippen LogP contribution in [0.2, 0.25) is 0 Å². The third-order valence-corrected chi connectivity index (χ3v) is 3.70. The zero-order valence-electron chi connectivity index (χ0n) is 9.22. The highest BCUT2D eigenvalue weighted by atomic mass is 79.9. The van der Waals surface area contributed by atoms with Gasteiger partial charge in [-0.3, -0.25) is 0 Å². The second-order valence-corrected chi connectivity index (χ2v) is 4.84. The van der Waals surface area contributed by atoms with Crippen LogP contribution in [0.15, 0.2) is 16.6 Å². The number of hydrogen-bond acceptors (Lipinski definition) is 2. The summed E-state index contributed by atoms with van der Waals surface area (Å²) < 4.78 is 19.0. The average Bonchev–Trinajstić information content (AvgIpc) is 2.77. The fraction of sp³-hybridized carbons (Fsp3) is 0.500. The molecule has 1 aliphatic heterocycles. The van der Waals surface area contributed by atoms with Gasteiger partial charge in [-0.2, -0.15) is 0 Å². The van der Waals surface area contributed by atoms with Gasteiger partial charge in [0.05, 0.1) is 11.6 Å². The van der Waals surface area contributed by atoms with E-state index in [9.17, 15) is 4.39 Å². The molecule has 1 aromatic rings. The molecule has 88 valence electrons. The number of nitrogens with one attached hydrogen (secondary N) is 1. The van der Waals surface area contributed by atoms with E-state index in [0.29, 0.717) is 16.3 Å². The van der Waals surface area contributed by atoms with Crippen molar-refractivity contribution >= 4 is 15.9 Å². The molecule has 0 saturated carbocycles. The highest BCUT2D eigenvalue weighted by molar-refractivity contribution is 9.10. The number of rotatable bonds is 3. The molecule has 0 aromatic heterocycles. The van der Waals surface area contributed by atoms with Crippen LogP contribution in [0, 0.1) is 5.82 Å². The molecule has 2 rings (SSSR count). The van der Waals surface area contributed by atoms with Crippen molar-refractivity contribution in [3.8, 4) is 5.75 Å². The van der Waals surface area contributed by atoms with E-state index < -0.39 is 0 Å². The molecule has 0 spiro atoms. The van der Waals surface area contributed by atoms with E-state index in [1.165, 1.54) is 18.9 Å². The predicted molar refractivity (Wildman–Crippen MR) is 65.4 cm³/mol. The summed E-state index contributed by atoms with van der Waals surface area (Å²) in [4.78, 5) is 0. The van der Waals surface area contributed by atoms with E-state index in [2.05, 4.69) is 21.2 Å². The monoisotopic (exact) mass is 287 g/mol. The lowest BCUT2D eigenvalue weighted by molar-refractivity contribution is 0.399. The topological polar surface area (TPSA) is 21.3 Å². The van der Waals surface area contributed by atoms with Gasteiger partial charge in [0.25, 0.3) is 0 Å². The Morgan fingerprint density at radius 1 is 1.56 bits per heavy atom. The Morgan fingerprint density at radius 2 is 2.38 bits per heavy atom. The summed E-state index contributed by atoms with van der Waals surface area (Å²) >= 11 is 3.22. The van der Waals surface area contributed by atoms with Crippen molar-refractivity contribution in [1.82, 2.24) is 5.32 Å². The highest BCUT2D eigenvalue weighted by Gasteiger charge is 2.18. The van der Waals surface area contributed by atoms with Gasteiger partial charge >= 0.3 is 0 Å². The van der Waals surface area contributed by atoms with Crippen molar-refractivity contribution in [3.05, 3.63) is 28.0 Å². The van der Waals surface area contributed by atoms with Crippen molar-refractivity contribution in [2.24, 2.45) is 0 Å². The van der Waals surface area contributed by atoms with Gasteiger partial charge in [0, 0.05) is 6.04 Å². The fourth-order valence-electron chi connectivity index (χ4n) is 2.15. The van der Waals surface area contributed by atoms with Gasteiger partial charge in [-0.1, -0.05) is 6.07 Å². The molecule has 0 amide bonds. The van der Waals surface area contributed by atoms with Crippen LogP contribution in [0.25, 0.3) is 0 Å². The Morgan fingerprint density at radius 3 is 3.00 bits per heavy atom. The molecule has 1 unspecified atom stereocenters. The number of hydrogen-bond donors (Lipinski definition) is 1. The first-order chi connectivity index (χ1) is 7.72. The van der Waals surface area contributed by atoms with Gasteiger partial charge < -0.3 is 10.1 Å².